The molecule has 1 atom stereocenters. The standard InChI is InChI=1S/C14H17N5O3S/c1-4-8-5-11(21)19-14(15-8)23-13(17-19)16-9-6-10(20)18(7(2)3)12(9)22/h5,7,9H,4,6H2,1-3H3,(H,16,17). The highest BCUT2D eigenvalue weighted by Crippen LogP contribution is 2.23. The van der Waals surface area contributed by atoms with E-state index in [0.717, 1.165) is 0 Å². The van der Waals surface area contributed by atoms with Crippen LogP contribution in [0.1, 0.15) is 32.9 Å². The summed E-state index contributed by atoms with van der Waals surface area (Å²) in [4.78, 5) is 42.2. The summed E-state index contributed by atoms with van der Waals surface area (Å²) < 4.78 is 1.20. The van der Waals surface area contributed by atoms with Crippen LogP contribution in [0, 0.1) is 0 Å². The van der Waals surface area contributed by atoms with Crippen LogP contribution in [0.5, 0.6) is 0 Å². The maximum absolute atomic E-state index is 12.3. The molecule has 2 amide bonds. The quantitative estimate of drug-likeness (QED) is 0.825. The van der Waals surface area contributed by atoms with Crippen molar-refractivity contribution >= 4 is 33.2 Å². The lowest BCUT2D eigenvalue weighted by molar-refractivity contribution is -0.140. The van der Waals surface area contributed by atoms with Crippen LogP contribution in [0.25, 0.3) is 4.96 Å². The summed E-state index contributed by atoms with van der Waals surface area (Å²) in [6, 6.07) is 0.627. The molecule has 3 heterocycles. The summed E-state index contributed by atoms with van der Waals surface area (Å²) in [5, 5.41) is 7.51. The third-order valence-corrected chi connectivity index (χ3v) is 4.50. The molecule has 2 aromatic rings. The van der Waals surface area contributed by atoms with Gasteiger partial charge in [-0.05, 0) is 20.3 Å². The second-order valence-electron chi connectivity index (χ2n) is 5.64. The largest absolute Gasteiger partial charge is 0.348 e. The van der Waals surface area contributed by atoms with Crippen molar-refractivity contribution in [2.24, 2.45) is 0 Å². The Labute approximate surface area is 136 Å². The van der Waals surface area contributed by atoms with Crippen molar-refractivity contribution < 1.29 is 9.59 Å². The minimum atomic E-state index is -0.646. The zero-order chi connectivity index (χ0) is 16.7. The Bertz CT molecular complexity index is 841. The van der Waals surface area contributed by atoms with Crippen molar-refractivity contribution in [1.82, 2.24) is 19.5 Å². The number of nitrogens with zero attached hydrogens (tertiary/aromatic N) is 4. The number of aryl methyl sites for hydroxylation is 1. The van der Waals surface area contributed by atoms with E-state index in [1.54, 1.807) is 13.8 Å². The van der Waals surface area contributed by atoms with Crippen molar-refractivity contribution in [2.45, 2.75) is 45.7 Å². The molecule has 1 aliphatic rings. The molecule has 0 aliphatic carbocycles. The van der Waals surface area contributed by atoms with Gasteiger partial charge in [-0.1, -0.05) is 18.3 Å². The fraction of sp³-hybridized carbons (Fsp3) is 0.500. The van der Waals surface area contributed by atoms with Crippen molar-refractivity contribution in [2.75, 3.05) is 5.32 Å². The van der Waals surface area contributed by atoms with E-state index in [0.29, 0.717) is 22.2 Å². The van der Waals surface area contributed by atoms with Crippen LogP contribution < -0.4 is 10.9 Å². The first-order valence-corrected chi connectivity index (χ1v) is 8.24. The Hall–Kier alpha value is -2.29. The van der Waals surface area contributed by atoms with Crippen LogP contribution in [0.2, 0.25) is 0 Å². The fourth-order valence-corrected chi connectivity index (χ4v) is 3.43. The van der Waals surface area contributed by atoms with Crippen molar-refractivity contribution in [3.63, 3.8) is 0 Å². The highest BCUT2D eigenvalue weighted by atomic mass is 32.1. The van der Waals surface area contributed by atoms with Gasteiger partial charge in [0.1, 0.15) is 6.04 Å². The number of rotatable bonds is 4. The normalized spacial score (nSPS) is 18.4. The van der Waals surface area contributed by atoms with E-state index in [2.05, 4.69) is 15.4 Å². The second kappa shape index (κ2) is 5.73. The number of anilines is 1. The van der Waals surface area contributed by atoms with Gasteiger partial charge >= 0.3 is 0 Å². The Morgan fingerprint density at radius 2 is 2.13 bits per heavy atom. The van der Waals surface area contributed by atoms with Gasteiger partial charge in [0, 0.05) is 17.8 Å². The maximum atomic E-state index is 12.3. The summed E-state index contributed by atoms with van der Waals surface area (Å²) in [5.74, 6) is -0.467. The number of carbonyl (C=O) groups is 2. The molecule has 2 aromatic heterocycles. The Morgan fingerprint density at radius 1 is 1.39 bits per heavy atom. The molecule has 1 unspecified atom stereocenters. The zero-order valence-corrected chi connectivity index (χ0v) is 13.9. The summed E-state index contributed by atoms with van der Waals surface area (Å²) in [6.07, 6.45) is 0.751. The number of fused-ring (bicyclic) bond motifs is 1. The summed E-state index contributed by atoms with van der Waals surface area (Å²) in [5.41, 5.74) is 0.442. The van der Waals surface area contributed by atoms with Gasteiger partial charge in [0.2, 0.25) is 16.0 Å². The third-order valence-electron chi connectivity index (χ3n) is 3.66. The molecule has 0 spiro atoms. The van der Waals surface area contributed by atoms with Gasteiger partial charge in [0.25, 0.3) is 11.5 Å². The van der Waals surface area contributed by atoms with Gasteiger partial charge in [-0.3, -0.25) is 19.3 Å². The maximum Gasteiger partial charge on any atom is 0.275 e. The number of nitrogens with one attached hydrogen (secondary N) is 1. The fourth-order valence-electron chi connectivity index (χ4n) is 2.55. The van der Waals surface area contributed by atoms with Gasteiger partial charge < -0.3 is 5.32 Å². The van der Waals surface area contributed by atoms with Gasteiger partial charge in [-0.25, -0.2) is 4.98 Å². The van der Waals surface area contributed by atoms with Crippen molar-refractivity contribution in [1.29, 1.82) is 0 Å². The summed E-state index contributed by atoms with van der Waals surface area (Å²) >= 11 is 1.19. The van der Waals surface area contributed by atoms with Crippen LogP contribution in [0.4, 0.5) is 5.13 Å². The first-order chi connectivity index (χ1) is 10.9. The van der Waals surface area contributed by atoms with E-state index in [1.165, 1.54) is 26.8 Å². The second-order valence-corrected chi connectivity index (χ2v) is 6.59. The van der Waals surface area contributed by atoms with E-state index in [9.17, 15) is 14.4 Å². The predicted molar refractivity (Wildman–Crippen MR) is 85.5 cm³/mol. The van der Waals surface area contributed by atoms with Crippen molar-refractivity contribution in [3.8, 4) is 0 Å². The lowest BCUT2D eigenvalue weighted by atomic mass is 10.2. The lowest BCUT2D eigenvalue weighted by Crippen LogP contribution is -2.39. The molecule has 1 fully saturated rings. The first-order valence-electron chi connectivity index (χ1n) is 7.43. The Morgan fingerprint density at radius 3 is 2.74 bits per heavy atom. The van der Waals surface area contributed by atoms with Gasteiger partial charge in [-0.15, -0.1) is 5.10 Å². The molecule has 0 bridgehead atoms. The number of aromatic nitrogens is 3. The summed E-state index contributed by atoms with van der Waals surface area (Å²) in [6.45, 7) is 5.51. The molecule has 1 aliphatic heterocycles. The minimum Gasteiger partial charge on any atom is -0.348 e. The molecule has 23 heavy (non-hydrogen) atoms. The van der Waals surface area contributed by atoms with Crippen LogP contribution >= 0.6 is 11.3 Å². The molecule has 9 heteroatoms. The molecule has 3 rings (SSSR count). The Kier molecular flexibility index (Phi) is 3.88. The van der Waals surface area contributed by atoms with Crippen molar-refractivity contribution in [3.05, 3.63) is 22.1 Å². The van der Waals surface area contributed by atoms with Gasteiger partial charge in [0.15, 0.2) is 0 Å². The van der Waals surface area contributed by atoms with Gasteiger partial charge in [-0.2, -0.15) is 4.52 Å². The number of imide groups is 1. The summed E-state index contributed by atoms with van der Waals surface area (Å²) in [7, 11) is 0. The molecule has 122 valence electrons. The van der Waals surface area contributed by atoms with Gasteiger partial charge in [0.05, 0.1) is 6.42 Å². The number of amides is 2. The van der Waals surface area contributed by atoms with Crippen LogP contribution in [-0.2, 0) is 16.0 Å². The molecule has 0 radical (unpaired) electrons. The number of carbonyl (C=O) groups excluding carboxylic acids is 2. The topological polar surface area (TPSA) is 96.7 Å². The van der Waals surface area contributed by atoms with Crippen LogP contribution in [0.3, 0.4) is 0 Å². The average molecular weight is 335 g/mol. The number of likely N-dealkylation sites (tertiary alicyclic amines) is 1. The molecule has 0 aromatic carbocycles. The number of hydrogen-bond acceptors (Lipinski definition) is 7. The lowest BCUT2D eigenvalue weighted by Gasteiger charge is -2.18. The van der Waals surface area contributed by atoms with Crippen LogP contribution in [0.15, 0.2) is 10.9 Å². The highest BCUT2D eigenvalue weighted by Gasteiger charge is 2.40. The first kappa shape index (κ1) is 15.6. The average Bonchev–Trinajstić information content (AvgIpc) is 3.00. The monoisotopic (exact) mass is 335 g/mol. The zero-order valence-electron chi connectivity index (χ0n) is 13.1. The molecular weight excluding hydrogens is 318 g/mol. The smallest absolute Gasteiger partial charge is 0.275 e. The van der Waals surface area contributed by atoms with E-state index in [4.69, 9.17) is 0 Å². The molecule has 1 saturated heterocycles. The highest BCUT2D eigenvalue weighted by molar-refractivity contribution is 7.20. The molecule has 0 saturated carbocycles. The molecule has 8 nitrogen and oxygen atoms in total. The third kappa shape index (κ3) is 2.72. The van der Waals surface area contributed by atoms with E-state index >= 15 is 0 Å². The van der Waals surface area contributed by atoms with Crippen LogP contribution in [-0.4, -0.2) is 43.4 Å². The Balaban J connectivity index is 1.88. The molecule has 1 N–H and O–H groups in total. The molecular formula is C14H17N5O3S. The van der Waals surface area contributed by atoms with E-state index < -0.39 is 6.04 Å². The van der Waals surface area contributed by atoms with E-state index in [-0.39, 0.29) is 29.8 Å². The SMILES string of the molecule is CCc1cc(=O)n2nc(NC3CC(=O)N(C(C)C)C3=O)sc2n1. The minimum absolute atomic E-state index is 0.0927. The predicted octanol–water partition coefficient (Wildman–Crippen LogP) is 0.661. The van der Waals surface area contributed by atoms with E-state index in [1.807, 2.05) is 6.92 Å². The number of hydrogen-bond donors (Lipinski definition) is 1.